The summed E-state index contributed by atoms with van der Waals surface area (Å²) in [6, 6.07) is 16.0. The van der Waals surface area contributed by atoms with Gasteiger partial charge in [0, 0.05) is 15.8 Å². The summed E-state index contributed by atoms with van der Waals surface area (Å²) in [5.74, 6) is -1.11. The van der Waals surface area contributed by atoms with Crippen LogP contribution in [0, 0.1) is 0 Å². The average Bonchev–Trinajstić information content (AvgIpc) is 2.87. The largest absolute Gasteiger partial charge is 0.477 e. The van der Waals surface area contributed by atoms with Crippen LogP contribution in [-0.2, 0) is 10.8 Å². The number of carboxylic acids is 1. The van der Waals surface area contributed by atoms with Gasteiger partial charge in [-0.05, 0) is 18.2 Å². The molecule has 1 atom stereocenters. The molecule has 20 heavy (non-hydrogen) atoms. The molecule has 0 bridgehead atoms. The molecule has 2 N–H and O–H groups in total. The van der Waals surface area contributed by atoms with Crippen molar-refractivity contribution in [1.82, 2.24) is 4.98 Å². The quantitative estimate of drug-likeness (QED) is 0.777. The number of para-hydroxylation sites is 1. The first-order valence-corrected chi connectivity index (χ1v) is 7.14. The number of aromatic amines is 1. The fourth-order valence-electron chi connectivity index (χ4n) is 2.12. The Kier molecular flexibility index (Phi) is 3.12. The number of nitrogens with one attached hydrogen (secondary N) is 1. The smallest absolute Gasteiger partial charge is 0.353 e. The first kappa shape index (κ1) is 12.6. The second kappa shape index (κ2) is 4.94. The van der Waals surface area contributed by atoms with E-state index in [1.54, 1.807) is 48.5 Å². The van der Waals surface area contributed by atoms with Gasteiger partial charge in [-0.3, -0.25) is 0 Å². The number of aromatic nitrogens is 1. The van der Waals surface area contributed by atoms with Gasteiger partial charge in [0.1, 0.15) is 5.69 Å². The molecule has 0 spiro atoms. The van der Waals surface area contributed by atoms with E-state index in [0.717, 1.165) is 0 Å². The molecule has 3 aromatic rings. The van der Waals surface area contributed by atoms with Gasteiger partial charge in [-0.25, -0.2) is 9.00 Å². The molecular formula is C15H11NO3S. The van der Waals surface area contributed by atoms with Crippen LogP contribution in [0.2, 0.25) is 0 Å². The van der Waals surface area contributed by atoms with Crippen molar-refractivity contribution in [3.63, 3.8) is 0 Å². The van der Waals surface area contributed by atoms with E-state index >= 15 is 0 Å². The number of carboxylic acid groups (broad SMARTS) is 1. The van der Waals surface area contributed by atoms with Crippen molar-refractivity contribution >= 4 is 27.7 Å². The number of hydrogen-bond acceptors (Lipinski definition) is 2. The molecule has 3 rings (SSSR count). The molecule has 0 saturated heterocycles. The van der Waals surface area contributed by atoms with E-state index in [4.69, 9.17) is 0 Å². The van der Waals surface area contributed by atoms with E-state index in [9.17, 15) is 14.1 Å². The molecule has 0 aliphatic heterocycles. The van der Waals surface area contributed by atoms with Gasteiger partial charge in [0.2, 0.25) is 0 Å². The zero-order chi connectivity index (χ0) is 14.1. The van der Waals surface area contributed by atoms with E-state index < -0.39 is 16.8 Å². The molecule has 0 unspecified atom stereocenters. The Morgan fingerprint density at radius 3 is 2.35 bits per heavy atom. The molecule has 0 radical (unpaired) electrons. The maximum atomic E-state index is 12.7. The Balaban J connectivity index is 2.27. The van der Waals surface area contributed by atoms with Gasteiger partial charge in [0.05, 0.1) is 15.7 Å². The minimum atomic E-state index is -1.53. The number of fused-ring (bicyclic) bond motifs is 1. The zero-order valence-electron chi connectivity index (χ0n) is 10.4. The zero-order valence-corrected chi connectivity index (χ0v) is 11.2. The normalized spacial score (nSPS) is 12.4. The Hall–Kier alpha value is -2.40. The van der Waals surface area contributed by atoms with Crippen LogP contribution in [0.5, 0.6) is 0 Å². The van der Waals surface area contributed by atoms with Gasteiger partial charge in [0.15, 0.2) is 0 Å². The van der Waals surface area contributed by atoms with Crippen LogP contribution in [0.25, 0.3) is 10.9 Å². The average molecular weight is 285 g/mol. The Labute approximate surface area is 117 Å². The van der Waals surface area contributed by atoms with Crippen molar-refractivity contribution < 1.29 is 14.1 Å². The Bertz CT molecular complexity index is 808. The lowest BCUT2D eigenvalue weighted by molar-refractivity contribution is 0.0687. The third kappa shape index (κ3) is 2.02. The summed E-state index contributed by atoms with van der Waals surface area (Å²) >= 11 is 0. The fourth-order valence-corrected chi connectivity index (χ4v) is 3.46. The lowest BCUT2D eigenvalue weighted by atomic mass is 10.2. The number of aromatic carboxylic acids is 1. The SMILES string of the molecule is O=C(O)c1[nH]c2ccccc2c1[S@@](=O)c1ccccc1. The predicted molar refractivity (Wildman–Crippen MR) is 76.4 cm³/mol. The van der Waals surface area contributed by atoms with E-state index in [1.807, 2.05) is 6.07 Å². The van der Waals surface area contributed by atoms with Gasteiger partial charge >= 0.3 is 5.97 Å². The van der Waals surface area contributed by atoms with Crippen LogP contribution in [0.3, 0.4) is 0 Å². The van der Waals surface area contributed by atoms with Crippen LogP contribution in [0.1, 0.15) is 10.5 Å². The van der Waals surface area contributed by atoms with E-state index in [1.165, 1.54) is 0 Å². The maximum absolute atomic E-state index is 12.7. The summed E-state index contributed by atoms with van der Waals surface area (Å²) in [6.07, 6.45) is 0. The highest BCUT2D eigenvalue weighted by molar-refractivity contribution is 7.85. The highest BCUT2D eigenvalue weighted by Gasteiger charge is 2.22. The summed E-state index contributed by atoms with van der Waals surface area (Å²) in [5.41, 5.74) is 0.651. The van der Waals surface area contributed by atoms with Crippen molar-refractivity contribution in [2.75, 3.05) is 0 Å². The summed E-state index contributed by atoms with van der Waals surface area (Å²) < 4.78 is 12.7. The molecule has 0 saturated carbocycles. The molecular weight excluding hydrogens is 274 g/mol. The van der Waals surface area contributed by atoms with Gasteiger partial charge in [0.25, 0.3) is 0 Å². The maximum Gasteiger partial charge on any atom is 0.353 e. The number of benzene rings is 2. The first-order chi connectivity index (χ1) is 9.68. The number of carbonyl (C=O) groups is 1. The third-order valence-corrected chi connectivity index (χ3v) is 4.51. The highest BCUT2D eigenvalue weighted by atomic mass is 32.2. The van der Waals surface area contributed by atoms with Gasteiger partial charge < -0.3 is 10.1 Å². The first-order valence-electron chi connectivity index (χ1n) is 5.99. The molecule has 1 aromatic heterocycles. The monoisotopic (exact) mass is 285 g/mol. The second-order valence-corrected chi connectivity index (χ2v) is 5.68. The highest BCUT2D eigenvalue weighted by Crippen LogP contribution is 2.28. The van der Waals surface area contributed by atoms with E-state index in [0.29, 0.717) is 20.7 Å². The van der Waals surface area contributed by atoms with Gasteiger partial charge in [-0.2, -0.15) is 0 Å². The standard InChI is InChI=1S/C15H11NO3S/c17-15(18)13-14(11-8-4-5-9-12(11)16-13)20(19)10-6-2-1-3-7-10/h1-9,16H,(H,17,18)/t20-/m0/s1. The van der Waals surface area contributed by atoms with Crippen molar-refractivity contribution in [3.8, 4) is 0 Å². The van der Waals surface area contributed by atoms with Crippen molar-refractivity contribution in [2.24, 2.45) is 0 Å². The third-order valence-electron chi connectivity index (χ3n) is 3.01. The van der Waals surface area contributed by atoms with E-state index in [-0.39, 0.29) is 5.69 Å². The number of H-pyrrole nitrogens is 1. The molecule has 100 valence electrons. The molecule has 4 nitrogen and oxygen atoms in total. The molecule has 1 heterocycles. The van der Waals surface area contributed by atoms with Crippen LogP contribution < -0.4 is 0 Å². The van der Waals surface area contributed by atoms with Crippen LogP contribution in [0.15, 0.2) is 64.4 Å². The summed E-state index contributed by atoms with van der Waals surface area (Å²) in [5, 5.41) is 9.97. The van der Waals surface area contributed by atoms with Crippen molar-refractivity contribution in [2.45, 2.75) is 9.79 Å². The summed E-state index contributed by atoms with van der Waals surface area (Å²) in [4.78, 5) is 15.1. The van der Waals surface area contributed by atoms with E-state index in [2.05, 4.69) is 4.98 Å². The molecule has 5 heteroatoms. The molecule has 0 amide bonds. The topological polar surface area (TPSA) is 70.2 Å². The van der Waals surface area contributed by atoms with Gasteiger partial charge in [-0.15, -0.1) is 0 Å². The van der Waals surface area contributed by atoms with Crippen LogP contribution in [0.4, 0.5) is 0 Å². The minimum Gasteiger partial charge on any atom is -0.477 e. The van der Waals surface area contributed by atoms with Crippen LogP contribution in [-0.4, -0.2) is 20.3 Å². The summed E-state index contributed by atoms with van der Waals surface area (Å²) in [6.45, 7) is 0. The summed E-state index contributed by atoms with van der Waals surface area (Å²) in [7, 11) is -1.53. The minimum absolute atomic E-state index is 0.0200. The molecule has 0 aliphatic carbocycles. The number of hydrogen-bond donors (Lipinski definition) is 2. The Morgan fingerprint density at radius 2 is 1.65 bits per heavy atom. The van der Waals surface area contributed by atoms with Gasteiger partial charge in [-0.1, -0.05) is 36.4 Å². The lowest BCUT2D eigenvalue weighted by Gasteiger charge is -2.02. The second-order valence-electron chi connectivity index (χ2n) is 4.26. The molecule has 0 aliphatic rings. The van der Waals surface area contributed by atoms with Crippen molar-refractivity contribution in [3.05, 3.63) is 60.3 Å². The van der Waals surface area contributed by atoms with Crippen molar-refractivity contribution in [1.29, 1.82) is 0 Å². The molecule has 2 aromatic carbocycles. The molecule has 0 fully saturated rings. The lowest BCUT2D eigenvalue weighted by Crippen LogP contribution is -2.03. The number of rotatable bonds is 3. The Morgan fingerprint density at radius 1 is 1.00 bits per heavy atom. The van der Waals surface area contributed by atoms with Crippen LogP contribution >= 0.6 is 0 Å². The fraction of sp³-hybridized carbons (Fsp3) is 0. The predicted octanol–water partition coefficient (Wildman–Crippen LogP) is 3.03.